The second-order valence-corrected chi connectivity index (χ2v) is 5.11. The van der Waals surface area contributed by atoms with Gasteiger partial charge in [0.05, 0.1) is 6.04 Å². The van der Waals surface area contributed by atoms with E-state index < -0.39 is 0 Å². The summed E-state index contributed by atoms with van der Waals surface area (Å²) in [5.41, 5.74) is 7.29. The predicted octanol–water partition coefficient (Wildman–Crippen LogP) is 4.01. The Morgan fingerprint density at radius 3 is 2.65 bits per heavy atom. The standard InChI is InChI=1S/C15H19NO/c16-15(11-6-2-1-3-7-11)14-10-12-8-4-5-9-13(12)17-14/h4-5,8-11,15H,1-3,6-7,16H2. The van der Waals surface area contributed by atoms with Crippen molar-refractivity contribution in [1.29, 1.82) is 0 Å². The molecular weight excluding hydrogens is 210 g/mol. The number of rotatable bonds is 2. The molecule has 1 unspecified atom stereocenters. The highest BCUT2D eigenvalue weighted by Gasteiger charge is 2.24. The van der Waals surface area contributed by atoms with Gasteiger partial charge in [0.2, 0.25) is 0 Å². The number of hydrogen-bond donors (Lipinski definition) is 1. The Labute approximate surface area is 102 Å². The maximum atomic E-state index is 6.34. The molecule has 2 nitrogen and oxygen atoms in total. The van der Waals surface area contributed by atoms with E-state index in [0.29, 0.717) is 5.92 Å². The number of para-hydroxylation sites is 1. The second-order valence-electron chi connectivity index (χ2n) is 5.11. The third kappa shape index (κ3) is 2.09. The van der Waals surface area contributed by atoms with Gasteiger partial charge in [-0.05, 0) is 30.9 Å². The Balaban J connectivity index is 1.86. The minimum Gasteiger partial charge on any atom is -0.459 e. The minimum absolute atomic E-state index is 0.0719. The van der Waals surface area contributed by atoms with Crippen molar-refractivity contribution in [2.24, 2.45) is 11.7 Å². The van der Waals surface area contributed by atoms with Crippen molar-refractivity contribution in [1.82, 2.24) is 0 Å². The first-order chi connectivity index (χ1) is 8.34. The maximum absolute atomic E-state index is 6.34. The lowest BCUT2D eigenvalue weighted by Gasteiger charge is -2.25. The summed E-state index contributed by atoms with van der Waals surface area (Å²) in [5.74, 6) is 1.56. The van der Waals surface area contributed by atoms with Crippen LogP contribution in [-0.4, -0.2) is 0 Å². The van der Waals surface area contributed by atoms with Gasteiger partial charge in [0.25, 0.3) is 0 Å². The average Bonchev–Trinajstić information content (AvgIpc) is 2.82. The van der Waals surface area contributed by atoms with Crippen LogP contribution in [-0.2, 0) is 0 Å². The molecule has 0 aliphatic heterocycles. The fourth-order valence-electron chi connectivity index (χ4n) is 2.89. The molecule has 1 heterocycles. The van der Waals surface area contributed by atoms with Crippen molar-refractivity contribution < 1.29 is 4.42 Å². The normalized spacial score (nSPS) is 19.6. The van der Waals surface area contributed by atoms with Crippen molar-refractivity contribution >= 4 is 11.0 Å². The quantitative estimate of drug-likeness (QED) is 0.845. The van der Waals surface area contributed by atoms with Gasteiger partial charge < -0.3 is 10.2 Å². The lowest BCUT2D eigenvalue weighted by molar-refractivity contribution is 0.284. The summed E-state index contributed by atoms with van der Waals surface area (Å²) >= 11 is 0. The molecule has 0 bridgehead atoms. The van der Waals surface area contributed by atoms with Crippen LogP contribution < -0.4 is 5.73 Å². The third-order valence-electron chi connectivity index (χ3n) is 3.93. The van der Waals surface area contributed by atoms with E-state index in [1.165, 1.54) is 32.1 Å². The summed E-state index contributed by atoms with van der Waals surface area (Å²) in [5, 5.41) is 1.16. The third-order valence-corrected chi connectivity index (χ3v) is 3.93. The molecule has 1 aromatic heterocycles. The molecule has 0 saturated heterocycles. The smallest absolute Gasteiger partial charge is 0.134 e. The Hall–Kier alpha value is -1.28. The summed E-state index contributed by atoms with van der Waals surface area (Å²) in [4.78, 5) is 0. The first kappa shape index (κ1) is 10.8. The molecule has 0 amide bonds. The largest absolute Gasteiger partial charge is 0.459 e. The molecule has 0 spiro atoms. The first-order valence-electron chi connectivity index (χ1n) is 6.58. The molecule has 1 aliphatic carbocycles. The van der Waals surface area contributed by atoms with Crippen LogP contribution in [0.2, 0.25) is 0 Å². The number of benzene rings is 1. The zero-order valence-electron chi connectivity index (χ0n) is 10.1. The number of furan rings is 1. The van der Waals surface area contributed by atoms with E-state index >= 15 is 0 Å². The predicted molar refractivity (Wildman–Crippen MR) is 69.7 cm³/mol. The van der Waals surface area contributed by atoms with Gasteiger partial charge in [-0.2, -0.15) is 0 Å². The number of hydrogen-bond acceptors (Lipinski definition) is 2. The van der Waals surface area contributed by atoms with Gasteiger partial charge in [-0.15, -0.1) is 0 Å². The molecule has 2 aromatic rings. The summed E-state index contributed by atoms with van der Waals surface area (Å²) in [6.07, 6.45) is 6.50. The molecule has 1 aliphatic rings. The monoisotopic (exact) mass is 229 g/mol. The van der Waals surface area contributed by atoms with Crippen LogP contribution in [0.25, 0.3) is 11.0 Å². The minimum atomic E-state index is 0.0719. The van der Waals surface area contributed by atoms with Gasteiger partial charge in [0.15, 0.2) is 0 Å². The maximum Gasteiger partial charge on any atom is 0.134 e. The summed E-state index contributed by atoms with van der Waals surface area (Å²) < 4.78 is 5.86. The Morgan fingerprint density at radius 2 is 1.88 bits per heavy atom. The second kappa shape index (κ2) is 4.53. The Kier molecular flexibility index (Phi) is 2.89. The van der Waals surface area contributed by atoms with Crippen LogP contribution >= 0.6 is 0 Å². The fourth-order valence-corrected chi connectivity index (χ4v) is 2.89. The molecule has 1 atom stereocenters. The Morgan fingerprint density at radius 1 is 1.12 bits per heavy atom. The summed E-state index contributed by atoms with van der Waals surface area (Å²) in [6, 6.07) is 10.3. The van der Waals surface area contributed by atoms with E-state index in [0.717, 1.165) is 16.7 Å². The molecule has 17 heavy (non-hydrogen) atoms. The van der Waals surface area contributed by atoms with E-state index in [9.17, 15) is 0 Å². The highest BCUT2D eigenvalue weighted by molar-refractivity contribution is 5.77. The van der Waals surface area contributed by atoms with Gasteiger partial charge in [0, 0.05) is 5.39 Å². The highest BCUT2D eigenvalue weighted by Crippen LogP contribution is 2.34. The van der Waals surface area contributed by atoms with Crippen molar-refractivity contribution in [3.8, 4) is 0 Å². The van der Waals surface area contributed by atoms with Crippen LogP contribution in [0, 0.1) is 5.92 Å². The lowest BCUT2D eigenvalue weighted by atomic mass is 9.83. The molecule has 3 rings (SSSR count). The van der Waals surface area contributed by atoms with E-state index in [1.54, 1.807) is 0 Å². The van der Waals surface area contributed by atoms with E-state index in [1.807, 2.05) is 18.2 Å². The first-order valence-corrected chi connectivity index (χ1v) is 6.58. The van der Waals surface area contributed by atoms with E-state index in [4.69, 9.17) is 10.2 Å². The zero-order valence-corrected chi connectivity index (χ0v) is 10.1. The van der Waals surface area contributed by atoms with Crippen LogP contribution in [0.1, 0.15) is 43.9 Å². The fraction of sp³-hybridized carbons (Fsp3) is 0.467. The van der Waals surface area contributed by atoms with Crippen LogP contribution in [0.3, 0.4) is 0 Å². The van der Waals surface area contributed by atoms with Gasteiger partial charge in [-0.3, -0.25) is 0 Å². The average molecular weight is 229 g/mol. The Bertz CT molecular complexity index is 463. The van der Waals surface area contributed by atoms with E-state index in [2.05, 4.69) is 12.1 Å². The molecule has 90 valence electrons. The van der Waals surface area contributed by atoms with Crippen LogP contribution in [0.15, 0.2) is 34.7 Å². The molecular formula is C15H19NO. The molecule has 1 fully saturated rings. The van der Waals surface area contributed by atoms with Gasteiger partial charge >= 0.3 is 0 Å². The molecule has 1 saturated carbocycles. The van der Waals surface area contributed by atoms with Gasteiger partial charge in [-0.1, -0.05) is 37.5 Å². The summed E-state index contributed by atoms with van der Waals surface area (Å²) in [7, 11) is 0. The summed E-state index contributed by atoms with van der Waals surface area (Å²) in [6.45, 7) is 0. The van der Waals surface area contributed by atoms with Crippen molar-refractivity contribution in [3.63, 3.8) is 0 Å². The topological polar surface area (TPSA) is 39.2 Å². The molecule has 1 aromatic carbocycles. The zero-order chi connectivity index (χ0) is 11.7. The van der Waals surface area contributed by atoms with Crippen LogP contribution in [0.5, 0.6) is 0 Å². The van der Waals surface area contributed by atoms with Crippen molar-refractivity contribution in [2.45, 2.75) is 38.1 Å². The number of nitrogens with two attached hydrogens (primary N) is 1. The molecule has 2 N–H and O–H groups in total. The SMILES string of the molecule is NC(c1cc2ccccc2o1)C1CCCCC1. The number of fused-ring (bicyclic) bond motifs is 1. The van der Waals surface area contributed by atoms with Crippen molar-refractivity contribution in [2.75, 3.05) is 0 Å². The molecule has 2 heteroatoms. The highest BCUT2D eigenvalue weighted by atomic mass is 16.3. The lowest BCUT2D eigenvalue weighted by Crippen LogP contribution is -2.22. The van der Waals surface area contributed by atoms with Crippen LogP contribution in [0.4, 0.5) is 0 Å². The molecule has 0 radical (unpaired) electrons. The van der Waals surface area contributed by atoms with Gasteiger partial charge in [0.1, 0.15) is 11.3 Å². The van der Waals surface area contributed by atoms with Gasteiger partial charge in [-0.25, -0.2) is 0 Å². The van der Waals surface area contributed by atoms with Crippen molar-refractivity contribution in [3.05, 3.63) is 36.1 Å². The van der Waals surface area contributed by atoms with E-state index in [-0.39, 0.29) is 6.04 Å².